The highest BCUT2D eigenvalue weighted by atomic mass is 35.5. The number of alkyl halides is 1. The molecule has 2 saturated heterocycles. The van der Waals surface area contributed by atoms with Gasteiger partial charge in [-0.15, -0.1) is 11.3 Å². The van der Waals surface area contributed by atoms with E-state index in [9.17, 15) is 14.0 Å². The Bertz CT molecular complexity index is 1930. The van der Waals surface area contributed by atoms with Gasteiger partial charge >= 0.3 is 6.01 Å². The van der Waals surface area contributed by atoms with Crippen molar-refractivity contribution in [2.24, 2.45) is 0 Å². The average Bonchev–Trinajstić information content (AvgIpc) is 3.76. The fourth-order valence-electron chi connectivity index (χ4n) is 6.34. The number of anilines is 2. The van der Waals surface area contributed by atoms with Crippen LogP contribution in [0.1, 0.15) is 30.4 Å². The molecule has 0 bridgehead atoms. The van der Waals surface area contributed by atoms with Crippen molar-refractivity contribution < 1.29 is 17.9 Å². The predicted molar refractivity (Wildman–Crippen MR) is 159 cm³/mol. The highest BCUT2D eigenvalue weighted by Gasteiger charge is 2.49. The molecule has 220 valence electrons. The molecule has 0 amide bonds. The lowest BCUT2D eigenvalue weighted by molar-refractivity contribution is 0.107. The van der Waals surface area contributed by atoms with Crippen LogP contribution in [0.4, 0.5) is 24.0 Å². The minimum Gasteiger partial charge on any atom is -0.461 e. The SMILES string of the molecule is N#Cc1c(N)sc2c(F)ccc(-c3c(Cl)cc4c(NCc5cn[nH]c5)nc(OC[C@@]56CCCN5C[C@H](F)C6)nc4c3F)c12. The van der Waals surface area contributed by atoms with Crippen LogP contribution < -0.4 is 15.8 Å². The predicted octanol–water partition coefficient (Wildman–Crippen LogP) is 6.19. The number of aromatic nitrogens is 4. The van der Waals surface area contributed by atoms with Gasteiger partial charge in [-0.1, -0.05) is 17.7 Å². The second-order valence-electron chi connectivity index (χ2n) is 10.9. The third-order valence-corrected chi connectivity index (χ3v) is 9.63. The number of nitrogens with zero attached hydrogens (tertiary/aromatic N) is 5. The first-order valence-electron chi connectivity index (χ1n) is 13.6. The van der Waals surface area contributed by atoms with Gasteiger partial charge in [-0.3, -0.25) is 10.00 Å². The minimum absolute atomic E-state index is 0.00984. The van der Waals surface area contributed by atoms with Gasteiger partial charge in [0.15, 0.2) is 5.82 Å². The first-order valence-corrected chi connectivity index (χ1v) is 14.8. The number of nitrogens with two attached hydrogens (primary N) is 1. The maximum atomic E-state index is 16.6. The summed E-state index contributed by atoms with van der Waals surface area (Å²) in [6.07, 6.45) is 4.48. The molecule has 0 unspecified atom stereocenters. The fraction of sp³-hybridized carbons (Fsp3) is 0.310. The Balaban J connectivity index is 1.36. The molecule has 14 heteroatoms. The number of hydrogen-bond donors (Lipinski definition) is 3. The minimum atomic E-state index is -0.937. The van der Waals surface area contributed by atoms with Crippen molar-refractivity contribution in [2.75, 3.05) is 30.7 Å². The Hall–Kier alpha value is -4.12. The van der Waals surface area contributed by atoms with Crippen molar-refractivity contribution in [1.82, 2.24) is 25.1 Å². The molecule has 5 aromatic rings. The Kier molecular flexibility index (Phi) is 6.80. The maximum absolute atomic E-state index is 16.6. The number of nitriles is 1. The number of benzene rings is 2. The fourth-order valence-corrected chi connectivity index (χ4v) is 7.58. The third kappa shape index (κ3) is 4.61. The summed E-state index contributed by atoms with van der Waals surface area (Å²) in [6.45, 7) is 1.61. The number of H-pyrrole nitrogens is 1. The second-order valence-corrected chi connectivity index (χ2v) is 12.3. The molecule has 5 heterocycles. The van der Waals surface area contributed by atoms with Gasteiger partial charge in [0.05, 0.1) is 27.0 Å². The van der Waals surface area contributed by atoms with Crippen molar-refractivity contribution in [1.29, 1.82) is 5.26 Å². The van der Waals surface area contributed by atoms with Gasteiger partial charge in [0.2, 0.25) is 0 Å². The summed E-state index contributed by atoms with van der Waals surface area (Å²) in [5.41, 5.74) is 6.48. The van der Waals surface area contributed by atoms with Crippen LogP contribution in [0.5, 0.6) is 6.01 Å². The monoisotopic (exact) mass is 624 g/mol. The number of thiophene rings is 1. The smallest absolute Gasteiger partial charge is 0.319 e. The topological polar surface area (TPSA) is 129 Å². The molecule has 4 N–H and O–H groups in total. The summed E-state index contributed by atoms with van der Waals surface area (Å²) < 4.78 is 51.9. The van der Waals surface area contributed by atoms with E-state index in [1.807, 2.05) is 6.07 Å². The Morgan fingerprint density at radius 3 is 2.98 bits per heavy atom. The van der Waals surface area contributed by atoms with Crippen molar-refractivity contribution in [3.63, 3.8) is 0 Å². The second kappa shape index (κ2) is 10.6. The first kappa shape index (κ1) is 27.7. The summed E-state index contributed by atoms with van der Waals surface area (Å²) in [7, 11) is 0. The largest absolute Gasteiger partial charge is 0.461 e. The summed E-state index contributed by atoms with van der Waals surface area (Å²) in [6, 6.07) is 6.01. The molecule has 2 aliphatic heterocycles. The highest BCUT2D eigenvalue weighted by molar-refractivity contribution is 7.23. The van der Waals surface area contributed by atoms with Gasteiger partial charge in [-0.25, -0.2) is 13.2 Å². The maximum Gasteiger partial charge on any atom is 0.319 e. The molecule has 43 heavy (non-hydrogen) atoms. The number of hydrogen-bond acceptors (Lipinski definition) is 9. The van der Waals surface area contributed by atoms with Crippen LogP contribution in [0.2, 0.25) is 5.02 Å². The van der Waals surface area contributed by atoms with Gasteiger partial charge in [0, 0.05) is 47.6 Å². The van der Waals surface area contributed by atoms with Crippen LogP contribution in [0.15, 0.2) is 30.6 Å². The highest BCUT2D eigenvalue weighted by Crippen LogP contribution is 2.46. The van der Waals surface area contributed by atoms with Crippen LogP contribution in [0, 0.1) is 23.0 Å². The van der Waals surface area contributed by atoms with Crippen molar-refractivity contribution in [3.8, 4) is 23.2 Å². The molecule has 3 aromatic heterocycles. The zero-order valence-electron chi connectivity index (χ0n) is 22.6. The van der Waals surface area contributed by atoms with Crippen molar-refractivity contribution in [3.05, 3.63) is 58.4 Å². The number of rotatable bonds is 7. The molecule has 2 atom stereocenters. The average molecular weight is 625 g/mol. The van der Waals surface area contributed by atoms with Crippen molar-refractivity contribution >= 4 is 54.7 Å². The molecular formula is C29H24ClF3N8OS. The summed E-state index contributed by atoms with van der Waals surface area (Å²) in [5.74, 6) is -1.11. The third-order valence-electron chi connectivity index (χ3n) is 8.31. The van der Waals surface area contributed by atoms with E-state index >= 15 is 4.39 Å². The summed E-state index contributed by atoms with van der Waals surface area (Å²) in [4.78, 5) is 11.1. The molecule has 7 rings (SSSR count). The van der Waals surface area contributed by atoms with Crippen LogP contribution in [-0.2, 0) is 6.54 Å². The van der Waals surface area contributed by atoms with Gasteiger partial charge in [-0.2, -0.15) is 20.3 Å². The molecule has 2 aliphatic rings. The Labute approximate surface area is 252 Å². The molecular weight excluding hydrogens is 601 g/mol. The summed E-state index contributed by atoms with van der Waals surface area (Å²) >= 11 is 7.61. The van der Waals surface area contributed by atoms with E-state index in [4.69, 9.17) is 22.1 Å². The number of fused-ring (bicyclic) bond motifs is 3. The van der Waals surface area contributed by atoms with Gasteiger partial charge in [0.25, 0.3) is 0 Å². The molecule has 0 saturated carbocycles. The lowest BCUT2D eigenvalue weighted by Crippen LogP contribution is -2.43. The number of ether oxygens (including phenoxy) is 1. The van der Waals surface area contributed by atoms with Crippen LogP contribution in [-0.4, -0.2) is 56.5 Å². The normalized spacial score (nSPS) is 20.1. The molecule has 0 radical (unpaired) electrons. The van der Waals surface area contributed by atoms with E-state index in [2.05, 4.69) is 30.4 Å². The van der Waals surface area contributed by atoms with Crippen LogP contribution >= 0.6 is 22.9 Å². The molecule has 0 aliphatic carbocycles. The zero-order chi connectivity index (χ0) is 29.9. The lowest BCUT2D eigenvalue weighted by atomic mass is 9.95. The standard InChI is InChI=1S/C29H24ClF3N8OS/c30-19-6-17-24(23(33)22(19)16-2-3-20(32)25-21(16)18(8-34)26(35)43-25)39-28(40-27(17)36-9-14-10-37-38-11-14)42-13-29-4-1-5-41(29)12-15(31)7-29/h2-3,6,10-11,15H,1,4-5,7,9,12-13,35H2,(H,37,38)(H,36,39,40)/t15-,29+/m1/s1. The van der Waals surface area contributed by atoms with Crippen LogP contribution in [0.25, 0.3) is 32.1 Å². The van der Waals surface area contributed by atoms with Gasteiger partial charge in [0.1, 0.15) is 41.0 Å². The Morgan fingerprint density at radius 1 is 1.33 bits per heavy atom. The van der Waals surface area contributed by atoms with E-state index in [1.54, 1.807) is 12.4 Å². The quantitative estimate of drug-likeness (QED) is 0.196. The van der Waals surface area contributed by atoms with Crippen LogP contribution in [0.3, 0.4) is 0 Å². The Morgan fingerprint density at radius 2 is 2.19 bits per heavy atom. The first-order chi connectivity index (χ1) is 20.8. The molecule has 0 spiro atoms. The van der Waals surface area contributed by atoms with E-state index in [0.717, 1.165) is 36.3 Å². The molecule has 2 aromatic carbocycles. The van der Waals surface area contributed by atoms with Crippen molar-refractivity contribution in [2.45, 2.75) is 37.5 Å². The zero-order valence-corrected chi connectivity index (χ0v) is 24.1. The lowest BCUT2D eigenvalue weighted by Gasteiger charge is -2.30. The van der Waals surface area contributed by atoms with Gasteiger partial charge < -0.3 is 15.8 Å². The van der Waals surface area contributed by atoms with E-state index < -0.39 is 23.3 Å². The van der Waals surface area contributed by atoms with E-state index in [1.165, 1.54) is 18.2 Å². The molecule has 2 fully saturated rings. The van der Waals surface area contributed by atoms with Gasteiger partial charge in [-0.05, 0) is 37.1 Å². The van der Waals surface area contributed by atoms with E-state index in [0.29, 0.717) is 19.5 Å². The van der Waals surface area contributed by atoms with E-state index in [-0.39, 0.29) is 66.1 Å². The summed E-state index contributed by atoms with van der Waals surface area (Å²) in [5, 5.41) is 20.2. The molecule has 9 nitrogen and oxygen atoms in total. The number of aromatic amines is 1. The number of nitrogens with one attached hydrogen (secondary N) is 2. The number of nitrogen functional groups attached to an aromatic ring is 1. The number of halogens is 4.